The first-order valence-electron chi connectivity index (χ1n) is 4.53. The molecule has 2 nitrogen and oxygen atoms in total. The second-order valence-electron chi connectivity index (χ2n) is 3.07. The molecule has 0 amide bonds. The summed E-state index contributed by atoms with van der Waals surface area (Å²) in [5, 5.41) is 10.1. The molecule has 1 atom stereocenters. The Kier molecular flexibility index (Phi) is 4.19. The van der Waals surface area contributed by atoms with E-state index in [1.807, 2.05) is 6.07 Å². The van der Waals surface area contributed by atoms with Crippen LogP contribution in [0.5, 0.6) is 0 Å². The maximum atomic E-state index is 9.66. The lowest BCUT2D eigenvalue weighted by atomic mass is 10.1. The lowest BCUT2D eigenvalue weighted by Crippen LogP contribution is -1.97. The standard InChI is InChI=1S/C10H14ClNO/c1-2-3-4-9(13)8-5-6-10(11)12-7-8/h5-7,9,13H,2-4H2,1H3. The van der Waals surface area contributed by atoms with Crippen LogP contribution in [0.3, 0.4) is 0 Å². The zero-order chi connectivity index (χ0) is 9.68. The summed E-state index contributed by atoms with van der Waals surface area (Å²) in [6.07, 6.45) is 4.15. The molecule has 1 aromatic heterocycles. The summed E-state index contributed by atoms with van der Waals surface area (Å²) in [6, 6.07) is 3.52. The number of hydrogen-bond acceptors (Lipinski definition) is 2. The van der Waals surface area contributed by atoms with E-state index >= 15 is 0 Å². The summed E-state index contributed by atoms with van der Waals surface area (Å²) >= 11 is 5.63. The fraction of sp³-hybridized carbons (Fsp3) is 0.500. The summed E-state index contributed by atoms with van der Waals surface area (Å²) in [7, 11) is 0. The average molecular weight is 200 g/mol. The van der Waals surface area contributed by atoms with E-state index in [1.54, 1.807) is 12.3 Å². The van der Waals surface area contributed by atoms with Crippen LogP contribution in [0.1, 0.15) is 37.9 Å². The minimum Gasteiger partial charge on any atom is -0.388 e. The van der Waals surface area contributed by atoms with E-state index in [1.165, 1.54) is 0 Å². The van der Waals surface area contributed by atoms with Gasteiger partial charge >= 0.3 is 0 Å². The molecule has 13 heavy (non-hydrogen) atoms. The van der Waals surface area contributed by atoms with E-state index in [0.717, 1.165) is 24.8 Å². The number of halogens is 1. The number of pyridine rings is 1. The molecule has 1 unspecified atom stereocenters. The Bertz CT molecular complexity index is 248. The molecule has 1 N–H and O–H groups in total. The molecule has 0 radical (unpaired) electrons. The molecular weight excluding hydrogens is 186 g/mol. The topological polar surface area (TPSA) is 33.1 Å². The van der Waals surface area contributed by atoms with Crippen LogP contribution in [0.2, 0.25) is 5.15 Å². The molecular formula is C10H14ClNO. The van der Waals surface area contributed by atoms with Gasteiger partial charge in [-0.15, -0.1) is 0 Å². The Hall–Kier alpha value is -0.600. The smallest absolute Gasteiger partial charge is 0.129 e. The maximum absolute atomic E-state index is 9.66. The van der Waals surface area contributed by atoms with Gasteiger partial charge in [-0.1, -0.05) is 37.4 Å². The van der Waals surface area contributed by atoms with Gasteiger partial charge in [-0.05, 0) is 18.1 Å². The molecule has 0 aliphatic carbocycles. The first-order valence-corrected chi connectivity index (χ1v) is 4.91. The maximum Gasteiger partial charge on any atom is 0.129 e. The second kappa shape index (κ2) is 5.20. The predicted molar refractivity (Wildman–Crippen MR) is 53.7 cm³/mol. The zero-order valence-electron chi connectivity index (χ0n) is 7.70. The summed E-state index contributed by atoms with van der Waals surface area (Å²) in [5.74, 6) is 0. The van der Waals surface area contributed by atoms with Crippen molar-refractivity contribution in [3.63, 3.8) is 0 Å². The molecule has 0 saturated carbocycles. The molecule has 0 bridgehead atoms. The van der Waals surface area contributed by atoms with Crippen molar-refractivity contribution < 1.29 is 5.11 Å². The Balaban J connectivity index is 2.55. The highest BCUT2D eigenvalue weighted by Gasteiger charge is 2.06. The molecule has 0 aliphatic heterocycles. The third-order valence-corrected chi connectivity index (χ3v) is 2.19. The van der Waals surface area contributed by atoms with Gasteiger partial charge in [0, 0.05) is 6.20 Å². The highest BCUT2D eigenvalue weighted by atomic mass is 35.5. The molecule has 0 saturated heterocycles. The van der Waals surface area contributed by atoms with Crippen molar-refractivity contribution in [3.05, 3.63) is 29.0 Å². The number of unbranched alkanes of at least 4 members (excludes halogenated alkanes) is 1. The first-order chi connectivity index (χ1) is 6.24. The average Bonchev–Trinajstić information content (AvgIpc) is 2.15. The SMILES string of the molecule is CCCCC(O)c1ccc(Cl)nc1. The number of hydrogen-bond donors (Lipinski definition) is 1. The minimum atomic E-state index is -0.398. The summed E-state index contributed by atoms with van der Waals surface area (Å²) in [4.78, 5) is 3.91. The molecule has 3 heteroatoms. The van der Waals surface area contributed by atoms with E-state index in [4.69, 9.17) is 11.6 Å². The highest BCUT2D eigenvalue weighted by molar-refractivity contribution is 6.29. The fourth-order valence-corrected chi connectivity index (χ4v) is 1.26. The molecule has 0 aliphatic rings. The van der Waals surface area contributed by atoms with Crippen LogP contribution in [0.15, 0.2) is 18.3 Å². The second-order valence-corrected chi connectivity index (χ2v) is 3.46. The van der Waals surface area contributed by atoms with Crippen LogP contribution < -0.4 is 0 Å². The third kappa shape index (κ3) is 3.33. The lowest BCUT2D eigenvalue weighted by molar-refractivity contribution is 0.164. The van der Waals surface area contributed by atoms with E-state index < -0.39 is 6.10 Å². The Morgan fingerprint density at radius 1 is 1.54 bits per heavy atom. The largest absolute Gasteiger partial charge is 0.388 e. The van der Waals surface area contributed by atoms with Crippen LogP contribution in [-0.2, 0) is 0 Å². The molecule has 1 heterocycles. The number of aromatic nitrogens is 1. The van der Waals surface area contributed by atoms with Crippen molar-refractivity contribution in [2.75, 3.05) is 0 Å². The van der Waals surface area contributed by atoms with Gasteiger partial charge in [0.05, 0.1) is 6.10 Å². The van der Waals surface area contributed by atoms with Crippen molar-refractivity contribution in [1.82, 2.24) is 4.98 Å². The first kappa shape index (κ1) is 10.5. The van der Waals surface area contributed by atoms with Crippen LogP contribution >= 0.6 is 11.6 Å². The van der Waals surface area contributed by atoms with Gasteiger partial charge in [-0.25, -0.2) is 4.98 Å². The van der Waals surface area contributed by atoms with E-state index in [2.05, 4.69) is 11.9 Å². The molecule has 1 aromatic rings. The minimum absolute atomic E-state index is 0.398. The van der Waals surface area contributed by atoms with Crippen LogP contribution in [0.25, 0.3) is 0 Å². The molecule has 0 fully saturated rings. The number of aliphatic hydroxyl groups is 1. The molecule has 72 valence electrons. The lowest BCUT2D eigenvalue weighted by Gasteiger charge is -2.09. The van der Waals surface area contributed by atoms with Crippen LogP contribution in [0, 0.1) is 0 Å². The quantitative estimate of drug-likeness (QED) is 0.757. The Morgan fingerprint density at radius 2 is 2.31 bits per heavy atom. The monoisotopic (exact) mass is 199 g/mol. The predicted octanol–water partition coefficient (Wildman–Crippen LogP) is 2.96. The number of aliphatic hydroxyl groups excluding tert-OH is 1. The van der Waals surface area contributed by atoms with E-state index in [9.17, 15) is 5.11 Å². The van der Waals surface area contributed by atoms with E-state index in [-0.39, 0.29) is 0 Å². The van der Waals surface area contributed by atoms with Gasteiger partial charge in [0.25, 0.3) is 0 Å². The van der Waals surface area contributed by atoms with Crippen molar-refractivity contribution in [1.29, 1.82) is 0 Å². The van der Waals surface area contributed by atoms with Gasteiger partial charge in [0.15, 0.2) is 0 Å². The molecule has 0 spiro atoms. The summed E-state index contributed by atoms with van der Waals surface area (Å²) in [5.41, 5.74) is 0.845. The van der Waals surface area contributed by atoms with Gasteiger partial charge in [0.2, 0.25) is 0 Å². The van der Waals surface area contributed by atoms with Gasteiger partial charge in [0.1, 0.15) is 5.15 Å². The van der Waals surface area contributed by atoms with Crippen molar-refractivity contribution in [2.24, 2.45) is 0 Å². The van der Waals surface area contributed by atoms with Crippen molar-refractivity contribution in [3.8, 4) is 0 Å². The summed E-state index contributed by atoms with van der Waals surface area (Å²) in [6.45, 7) is 2.10. The van der Waals surface area contributed by atoms with Gasteiger partial charge in [-0.2, -0.15) is 0 Å². The Morgan fingerprint density at radius 3 is 2.85 bits per heavy atom. The van der Waals surface area contributed by atoms with Crippen LogP contribution in [-0.4, -0.2) is 10.1 Å². The molecule has 0 aromatic carbocycles. The molecule has 1 rings (SSSR count). The van der Waals surface area contributed by atoms with Crippen LogP contribution in [0.4, 0.5) is 0 Å². The summed E-state index contributed by atoms with van der Waals surface area (Å²) < 4.78 is 0. The van der Waals surface area contributed by atoms with Crippen molar-refractivity contribution >= 4 is 11.6 Å². The van der Waals surface area contributed by atoms with E-state index in [0.29, 0.717) is 5.15 Å². The zero-order valence-corrected chi connectivity index (χ0v) is 8.46. The third-order valence-electron chi connectivity index (χ3n) is 1.97. The van der Waals surface area contributed by atoms with Crippen molar-refractivity contribution in [2.45, 2.75) is 32.3 Å². The van der Waals surface area contributed by atoms with Gasteiger partial charge in [-0.3, -0.25) is 0 Å². The Labute approximate surface area is 83.6 Å². The normalized spacial score (nSPS) is 12.8. The van der Waals surface area contributed by atoms with Gasteiger partial charge < -0.3 is 5.11 Å². The number of nitrogens with zero attached hydrogens (tertiary/aromatic N) is 1. The fourth-order valence-electron chi connectivity index (χ4n) is 1.15. The number of rotatable bonds is 4. The highest BCUT2D eigenvalue weighted by Crippen LogP contribution is 2.19.